The molecule has 1 saturated heterocycles. The van der Waals surface area contributed by atoms with Crippen LogP contribution in [0.2, 0.25) is 0 Å². The van der Waals surface area contributed by atoms with Crippen molar-refractivity contribution in [1.29, 1.82) is 0 Å². The first-order valence-corrected chi connectivity index (χ1v) is 9.97. The highest BCUT2D eigenvalue weighted by molar-refractivity contribution is 5.79. The molecule has 1 N–H and O–H groups in total. The van der Waals surface area contributed by atoms with E-state index in [1.165, 1.54) is 12.1 Å². The molecule has 1 aliphatic heterocycles. The average Bonchev–Trinajstić information content (AvgIpc) is 2.69. The smallest absolute Gasteiger partial charge is 0.223 e. The Kier molecular flexibility index (Phi) is 7.04. The van der Waals surface area contributed by atoms with Gasteiger partial charge in [0.25, 0.3) is 0 Å². The first kappa shape index (κ1) is 20.3. The zero-order valence-corrected chi connectivity index (χ0v) is 16.7. The molecule has 2 aromatic rings. The van der Waals surface area contributed by atoms with Gasteiger partial charge in [-0.2, -0.15) is 0 Å². The predicted octanol–water partition coefficient (Wildman–Crippen LogP) is 3.93. The molecule has 1 fully saturated rings. The van der Waals surface area contributed by atoms with E-state index in [4.69, 9.17) is 4.74 Å². The van der Waals surface area contributed by atoms with Gasteiger partial charge < -0.3 is 10.1 Å². The van der Waals surface area contributed by atoms with Crippen LogP contribution in [0.15, 0.2) is 48.5 Å². The summed E-state index contributed by atoms with van der Waals surface area (Å²) in [5, 5.41) is 3.09. The van der Waals surface area contributed by atoms with Crippen molar-refractivity contribution in [3.8, 4) is 5.75 Å². The van der Waals surface area contributed by atoms with E-state index < -0.39 is 0 Å². The van der Waals surface area contributed by atoms with Gasteiger partial charge in [-0.1, -0.05) is 30.3 Å². The Hall–Kier alpha value is -2.40. The van der Waals surface area contributed by atoms with Gasteiger partial charge in [0.2, 0.25) is 5.91 Å². The number of para-hydroxylation sites is 1. The number of ether oxygens (including phenoxy) is 1. The standard InChI is InChI=1S/C23H29FN2O2/c1-17-5-3-4-6-22(17)28-16-18(2)25-23(27)20-11-13-26(14-12-20)15-19-7-9-21(24)10-8-19/h3-10,18,20H,11-16H2,1-2H3,(H,25,27)/t18-/m1/s1. The van der Waals surface area contributed by atoms with Crippen LogP contribution in [0, 0.1) is 18.7 Å². The molecule has 1 atom stereocenters. The number of aryl methyl sites for hydroxylation is 1. The van der Waals surface area contributed by atoms with E-state index in [9.17, 15) is 9.18 Å². The van der Waals surface area contributed by atoms with Crippen LogP contribution in [0.5, 0.6) is 5.75 Å². The summed E-state index contributed by atoms with van der Waals surface area (Å²) >= 11 is 0. The Labute approximate surface area is 166 Å². The molecule has 1 amide bonds. The summed E-state index contributed by atoms with van der Waals surface area (Å²) in [7, 11) is 0. The van der Waals surface area contributed by atoms with Gasteiger partial charge in [-0.05, 0) is 69.1 Å². The van der Waals surface area contributed by atoms with E-state index >= 15 is 0 Å². The molecule has 28 heavy (non-hydrogen) atoms. The van der Waals surface area contributed by atoms with E-state index in [0.29, 0.717) is 6.61 Å². The first-order valence-electron chi connectivity index (χ1n) is 9.97. The van der Waals surface area contributed by atoms with Crippen LogP contribution in [-0.2, 0) is 11.3 Å². The van der Waals surface area contributed by atoms with Crippen LogP contribution in [0.3, 0.4) is 0 Å². The number of rotatable bonds is 7. The lowest BCUT2D eigenvalue weighted by Gasteiger charge is -2.31. The Bertz CT molecular complexity index is 770. The summed E-state index contributed by atoms with van der Waals surface area (Å²) in [4.78, 5) is 14.9. The number of benzene rings is 2. The summed E-state index contributed by atoms with van der Waals surface area (Å²) < 4.78 is 18.8. The number of piperidine rings is 1. The highest BCUT2D eigenvalue weighted by atomic mass is 19.1. The normalized spacial score (nSPS) is 16.5. The van der Waals surface area contributed by atoms with Crippen LogP contribution < -0.4 is 10.1 Å². The molecule has 0 aliphatic carbocycles. The molecule has 0 aromatic heterocycles. The second kappa shape index (κ2) is 9.69. The average molecular weight is 384 g/mol. The zero-order valence-electron chi connectivity index (χ0n) is 16.7. The van der Waals surface area contributed by atoms with Crippen LogP contribution >= 0.6 is 0 Å². The van der Waals surface area contributed by atoms with Crippen molar-refractivity contribution < 1.29 is 13.9 Å². The van der Waals surface area contributed by atoms with Crippen molar-refractivity contribution in [3.05, 3.63) is 65.5 Å². The van der Waals surface area contributed by atoms with Gasteiger partial charge in [0, 0.05) is 12.5 Å². The summed E-state index contributed by atoms with van der Waals surface area (Å²) in [5.74, 6) is 0.810. The predicted molar refractivity (Wildman–Crippen MR) is 109 cm³/mol. The van der Waals surface area contributed by atoms with E-state index in [1.807, 2.05) is 50.2 Å². The summed E-state index contributed by atoms with van der Waals surface area (Å²) in [6, 6.07) is 14.5. The van der Waals surface area contributed by atoms with Crippen molar-refractivity contribution in [3.63, 3.8) is 0 Å². The molecule has 0 spiro atoms. The highest BCUT2D eigenvalue weighted by Gasteiger charge is 2.25. The quantitative estimate of drug-likeness (QED) is 0.786. The fourth-order valence-corrected chi connectivity index (χ4v) is 3.54. The summed E-state index contributed by atoms with van der Waals surface area (Å²) in [6.45, 7) is 7.00. The van der Waals surface area contributed by atoms with Crippen molar-refractivity contribution in [2.75, 3.05) is 19.7 Å². The molecule has 0 unspecified atom stereocenters. The number of likely N-dealkylation sites (tertiary alicyclic amines) is 1. The van der Waals surface area contributed by atoms with Crippen molar-refractivity contribution >= 4 is 5.91 Å². The zero-order chi connectivity index (χ0) is 19.9. The van der Waals surface area contributed by atoms with Gasteiger partial charge in [-0.15, -0.1) is 0 Å². The SMILES string of the molecule is Cc1ccccc1OC[C@@H](C)NC(=O)C1CCN(Cc2ccc(F)cc2)CC1. The van der Waals surface area contributed by atoms with Gasteiger partial charge in [-0.3, -0.25) is 9.69 Å². The number of nitrogens with zero attached hydrogens (tertiary/aromatic N) is 1. The number of amides is 1. The lowest BCUT2D eigenvalue weighted by Crippen LogP contribution is -2.44. The Morgan fingerprint density at radius 2 is 1.86 bits per heavy atom. The molecular weight excluding hydrogens is 355 g/mol. The van der Waals surface area contributed by atoms with Gasteiger partial charge in [0.15, 0.2) is 0 Å². The maximum absolute atomic E-state index is 13.0. The van der Waals surface area contributed by atoms with Gasteiger partial charge >= 0.3 is 0 Å². The van der Waals surface area contributed by atoms with Gasteiger partial charge in [0.05, 0.1) is 6.04 Å². The molecule has 150 valence electrons. The van der Waals surface area contributed by atoms with Crippen molar-refractivity contribution in [2.45, 2.75) is 39.3 Å². The lowest BCUT2D eigenvalue weighted by atomic mass is 9.95. The molecule has 1 aliphatic rings. The van der Waals surface area contributed by atoms with Crippen LogP contribution in [0.1, 0.15) is 30.9 Å². The molecule has 5 heteroatoms. The number of carbonyl (C=O) groups excluding carboxylic acids is 1. The third kappa shape index (κ3) is 5.80. The minimum Gasteiger partial charge on any atom is -0.491 e. The van der Waals surface area contributed by atoms with Gasteiger partial charge in [-0.25, -0.2) is 4.39 Å². The van der Waals surface area contributed by atoms with E-state index in [2.05, 4.69) is 10.2 Å². The molecule has 2 aromatic carbocycles. The minimum atomic E-state index is -0.209. The second-order valence-corrected chi connectivity index (χ2v) is 7.66. The Morgan fingerprint density at radius 1 is 1.18 bits per heavy atom. The number of nitrogens with one attached hydrogen (secondary N) is 1. The third-order valence-electron chi connectivity index (χ3n) is 5.25. The van der Waals surface area contributed by atoms with Crippen molar-refractivity contribution in [2.24, 2.45) is 5.92 Å². The molecule has 0 saturated carbocycles. The monoisotopic (exact) mass is 384 g/mol. The minimum absolute atomic E-state index is 0.0376. The molecule has 1 heterocycles. The molecule has 4 nitrogen and oxygen atoms in total. The molecule has 0 bridgehead atoms. The topological polar surface area (TPSA) is 41.6 Å². The number of hydrogen-bond donors (Lipinski definition) is 1. The molecule has 3 rings (SSSR count). The maximum Gasteiger partial charge on any atom is 0.223 e. The van der Waals surface area contributed by atoms with Gasteiger partial charge in [0.1, 0.15) is 18.2 Å². The number of carbonyl (C=O) groups is 1. The fourth-order valence-electron chi connectivity index (χ4n) is 3.54. The fraction of sp³-hybridized carbons (Fsp3) is 0.435. The summed E-state index contributed by atoms with van der Waals surface area (Å²) in [5.41, 5.74) is 2.20. The molecular formula is C23H29FN2O2. The van der Waals surface area contributed by atoms with Crippen LogP contribution in [0.25, 0.3) is 0 Å². The second-order valence-electron chi connectivity index (χ2n) is 7.66. The highest BCUT2D eigenvalue weighted by Crippen LogP contribution is 2.20. The van der Waals surface area contributed by atoms with E-state index in [1.54, 1.807) is 0 Å². The van der Waals surface area contributed by atoms with E-state index in [-0.39, 0.29) is 23.7 Å². The summed E-state index contributed by atoms with van der Waals surface area (Å²) in [6.07, 6.45) is 1.69. The third-order valence-corrected chi connectivity index (χ3v) is 5.25. The van der Waals surface area contributed by atoms with Crippen LogP contribution in [0.4, 0.5) is 4.39 Å². The number of halogens is 1. The van der Waals surface area contributed by atoms with E-state index in [0.717, 1.165) is 49.4 Å². The Balaban J connectivity index is 1.39. The van der Waals surface area contributed by atoms with Crippen molar-refractivity contribution in [1.82, 2.24) is 10.2 Å². The Morgan fingerprint density at radius 3 is 2.54 bits per heavy atom. The van der Waals surface area contributed by atoms with Crippen LogP contribution in [-0.4, -0.2) is 36.5 Å². The maximum atomic E-state index is 13.0. The number of hydrogen-bond acceptors (Lipinski definition) is 3. The first-order chi connectivity index (χ1) is 13.5. The molecule has 0 radical (unpaired) electrons. The largest absolute Gasteiger partial charge is 0.491 e. The lowest BCUT2D eigenvalue weighted by molar-refractivity contribution is -0.127.